The minimum Gasteiger partial charge on any atom is -0.0182 e. The molecular weight excluding hydrogens is 116 g/mol. The molecule has 38 valence electrons. The van der Waals surface area contributed by atoms with E-state index >= 15 is 0 Å². The highest BCUT2D eigenvalue weighted by atomic mass is 35.7. The Morgan fingerprint density at radius 2 is 1.67 bits per heavy atom. The zero-order valence-corrected chi connectivity index (χ0v) is 5.77. The molecule has 0 aromatic heterocycles. The van der Waals surface area contributed by atoms with Crippen LogP contribution in [0.1, 0.15) is 13.8 Å². The van der Waals surface area contributed by atoms with Crippen LogP contribution >= 0.6 is 10.7 Å². The second kappa shape index (κ2) is 3.82. The number of halogens is 1. The SMILES string of the molecule is CC[S+](Cl)CC. The van der Waals surface area contributed by atoms with Crippen LogP contribution in [0.4, 0.5) is 0 Å². The maximum Gasteiger partial charge on any atom is 0.175 e. The highest BCUT2D eigenvalue weighted by Crippen LogP contribution is 1.99. The lowest BCUT2D eigenvalue weighted by atomic mass is 11.0. The summed E-state index contributed by atoms with van der Waals surface area (Å²) in [6, 6.07) is 0. The molecule has 0 aromatic rings. The molecule has 0 aliphatic rings. The largest absolute Gasteiger partial charge is 0.175 e. The van der Waals surface area contributed by atoms with Gasteiger partial charge in [0.05, 0.1) is 0 Å². The Labute approximate surface area is 46.7 Å². The minimum atomic E-state index is 0.188. The quantitative estimate of drug-likeness (QED) is 0.494. The van der Waals surface area contributed by atoms with Gasteiger partial charge in [-0.2, -0.15) is 0 Å². The van der Waals surface area contributed by atoms with E-state index in [1.165, 1.54) is 0 Å². The van der Waals surface area contributed by atoms with Crippen molar-refractivity contribution in [1.29, 1.82) is 0 Å². The molecule has 0 saturated carbocycles. The maximum absolute atomic E-state index is 5.68. The van der Waals surface area contributed by atoms with E-state index in [2.05, 4.69) is 13.8 Å². The standard InChI is InChI=1S/C4H10ClS/c1-3-6(5)4-2/h3-4H2,1-2H3/q+1. The fourth-order valence-electron chi connectivity index (χ4n) is 0.204. The zero-order chi connectivity index (χ0) is 4.99. The van der Waals surface area contributed by atoms with E-state index in [1.807, 2.05) is 0 Å². The molecule has 0 spiro atoms. The fraction of sp³-hybridized carbons (Fsp3) is 1.00. The summed E-state index contributed by atoms with van der Waals surface area (Å²) in [6.45, 7) is 4.22. The predicted molar refractivity (Wildman–Crippen MR) is 34.3 cm³/mol. The van der Waals surface area contributed by atoms with E-state index in [9.17, 15) is 0 Å². The molecule has 0 unspecified atom stereocenters. The van der Waals surface area contributed by atoms with Crippen LogP contribution < -0.4 is 0 Å². The van der Waals surface area contributed by atoms with Gasteiger partial charge in [-0.3, -0.25) is 0 Å². The Bertz CT molecular complexity index is 26.7. The van der Waals surface area contributed by atoms with E-state index in [0.29, 0.717) is 0 Å². The van der Waals surface area contributed by atoms with Crippen molar-refractivity contribution in [3.63, 3.8) is 0 Å². The van der Waals surface area contributed by atoms with Gasteiger partial charge >= 0.3 is 0 Å². The topological polar surface area (TPSA) is 0 Å². The van der Waals surface area contributed by atoms with Gasteiger partial charge in [-0.1, -0.05) is 0 Å². The van der Waals surface area contributed by atoms with Crippen molar-refractivity contribution in [3.8, 4) is 0 Å². The molecule has 0 N–H and O–H groups in total. The molecule has 0 amide bonds. The Balaban J connectivity index is 2.75. The third-order valence-electron chi connectivity index (χ3n) is 0.626. The van der Waals surface area contributed by atoms with Crippen molar-refractivity contribution in [1.82, 2.24) is 0 Å². The summed E-state index contributed by atoms with van der Waals surface area (Å²) in [5.41, 5.74) is 0. The van der Waals surface area contributed by atoms with E-state index in [4.69, 9.17) is 10.7 Å². The van der Waals surface area contributed by atoms with E-state index in [0.717, 1.165) is 11.5 Å². The molecule has 2 heteroatoms. The van der Waals surface area contributed by atoms with Crippen LogP contribution in [-0.4, -0.2) is 11.5 Å². The number of hydrogen-bond donors (Lipinski definition) is 0. The molecular formula is C4H10ClS+. The first kappa shape index (κ1) is 6.64. The van der Waals surface area contributed by atoms with Crippen molar-refractivity contribution < 1.29 is 0 Å². The summed E-state index contributed by atoms with van der Waals surface area (Å²) in [6.07, 6.45) is 0. The lowest BCUT2D eigenvalue weighted by Crippen LogP contribution is -1.95. The van der Waals surface area contributed by atoms with Gasteiger partial charge in [-0.25, -0.2) is 0 Å². The van der Waals surface area contributed by atoms with Crippen LogP contribution in [0.15, 0.2) is 0 Å². The van der Waals surface area contributed by atoms with Gasteiger partial charge in [0.15, 0.2) is 10.7 Å². The lowest BCUT2D eigenvalue weighted by Gasteiger charge is -1.83. The van der Waals surface area contributed by atoms with Crippen LogP contribution in [0.25, 0.3) is 0 Å². The molecule has 6 heavy (non-hydrogen) atoms. The van der Waals surface area contributed by atoms with Gasteiger partial charge < -0.3 is 0 Å². The smallest absolute Gasteiger partial charge is 0.0182 e. The highest BCUT2D eigenvalue weighted by Gasteiger charge is 2.04. The third-order valence-corrected chi connectivity index (χ3v) is 3.19. The molecule has 0 saturated heterocycles. The summed E-state index contributed by atoms with van der Waals surface area (Å²) < 4.78 is 0. The first-order chi connectivity index (χ1) is 2.81. The molecule has 0 rings (SSSR count). The van der Waals surface area contributed by atoms with Crippen molar-refractivity contribution in [2.45, 2.75) is 13.8 Å². The Morgan fingerprint density at radius 3 is 1.67 bits per heavy atom. The first-order valence-electron chi connectivity index (χ1n) is 2.15. The van der Waals surface area contributed by atoms with Crippen molar-refractivity contribution in [2.75, 3.05) is 11.5 Å². The highest BCUT2D eigenvalue weighted by molar-refractivity contribution is 8.18. The average Bonchev–Trinajstić information content (AvgIpc) is 1.65. The molecule has 0 atom stereocenters. The van der Waals surface area contributed by atoms with Gasteiger partial charge in [0, 0.05) is 0 Å². The second-order valence-corrected chi connectivity index (χ2v) is 4.31. The van der Waals surface area contributed by atoms with Crippen LogP contribution in [0.3, 0.4) is 0 Å². The van der Waals surface area contributed by atoms with Gasteiger partial charge in [0.1, 0.15) is 21.6 Å². The van der Waals surface area contributed by atoms with E-state index in [1.54, 1.807) is 0 Å². The second-order valence-electron chi connectivity index (χ2n) is 1.000. The van der Waals surface area contributed by atoms with Crippen molar-refractivity contribution in [2.24, 2.45) is 0 Å². The van der Waals surface area contributed by atoms with Crippen molar-refractivity contribution >= 4 is 20.8 Å². The number of rotatable bonds is 2. The van der Waals surface area contributed by atoms with Crippen molar-refractivity contribution in [3.05, 3.63) is 0 Å². The molecule has 0 aromatic carbocycles. The molecule has 0 fully saturated rings. The fourth-order valence-corrected chi connectivity index (χ4v) is 0.612. The first-order valence-corrected chi connectivity index (χ1v) is 4.53. The molecule has 0 aliphatic carbocycles. The molecule has 0 aliphatic heterocycles. The monoisotopic (exact) mass is 125 g/mol. The molecule has 0 radical (unpaired) electrons. The molecule has 0 nitrogen and oxygen atoms in total. The Hall–Kier alpha value is 0.640. The minimum absolute atomic E-state index is 0.188. The third kappa shape index (κ3) is 2.86. The molecule has 0 heterocycles. The summed E-state index contributed by atoms with van der Waals surface area (Å²) in [5.74, 6) is 2.25. The summed E-state index contributed by atoms with van der Waals surface area (Å²) in [4.78, 5) is 0. The van der Waals surface area contributed by atoms with E-state index in [-0.39, 0.29) is 10.1 Å². The Kier molecular flexibility index (Phi) is 4.22. The van der Waals surface area contributed by atoms with E-state index < -0.39 is 0 Å². The predicted octanol–water partition coefficient (Wildman–Crippen LogP) is 1.80. The normalized spacial score (nSPS) is 10.0. The van der Waals surface area contributed by atoms with Crippen LogP contribution in [0.2, 0.25) is 0 Å². The average molecular weight is 126 g/mol. The van der Waals surface area contributed by atoms with Crippen LogP contribution in [0, 0.1) is 0 Å². The van der Waals surface area contributed by atoms with Gasteiger partial charge in [-0.15, -0.1) is 0 Å². The maximum atomic E-state index is 5.68. The molecule has 0 bridgehead atoms. The van der Waals surface area contributed by atoms with Gasteiger partial charge in [-0.05, 0) is 13.8 Å². The number of hydrogen-bond acceptors (Lipinski definition) is 0. The summed E-state index contributed by atoms with van der Waals surface area (Å²) >= 11 is 0. The summed E-state index contributed by atoms with van der Waals surface area (Å²) in [5, 5.41) is 0. The van der Waals surface area contributed by atoms with Gasteiger partial charge in [0.25, 0.3) is 0 Å². The Morgan fingerprint density at radius 1 is 1.33 bits per heavy atom. The van der Waals surface area contributed by atoms with Crippen LogP contribution in [-0.2, 0) is 10.1 Å². The van der Waals surface area contributed by atoms with Gasteiger partial charge in [0.2, 0.25) is 0 Å². The lowest BCUT2D eigenvalue weighted by molar-refractivity contribution is 1.45. The zero-order valence-electron chi connectivity index (χ0n) is 4.20. The summed E-state index contributed by atoms with van der Waals surface area (Å²) in [7, 11) is 5.87. The van der Waals surface area contributed by atoms with Crippen LogP contribution in [0.5, 0.6) is 0 Å².